The van der Waals surface area contributed by atoms with Gasteiger partial charge >= 0.3 is 11.9 Å². The van der Waals surface area contributed by atoms with Gasteiger partial charge in [0.25, 0.3) is 5.91 Å². The highest BCUT2D eigenvalue weighted by Gasteiger charge is 2.36. The Bertz CT molecular complexity index is 862. The van der Waals surface area contributed by atoms with E-state index < -0.39 is 35.0 Å². The van der Waals surface area contributed by atoms with E-state index in [9.17, 15) is 24.6 Å². The van der Waals surface area contributed by atoms with Crippen molar-refractivity contribution in [3.63, 3.8) is 0 Å². The van der Waals surface area contributed by atoms with Crippen molar-refractivity contribution in [2.45, 2.75) is 18.3 Å². The second-order valence-corrected chi connectivity index (χ2v) is 7.10. The number of hydrogen-bond donors (Lipinski definition) is 5. The van der Waals surface area contributed by atoms with Gasteiger partial charge < -0.3 is 26.5 Å². The Morgan fingerprint density at radius 3 is 2.63 bits per heavy atom. The lowest BCUT2D eigenvalue weighted by atomic mass is 10.1. The van der Waals surface area contributed by atoms with Gasteiger partial charge in [-0.25, -0.2) is 14.6 Å². The van der Waals surface area contributed by atoms with Crippen molar-refractivity contribution in [1.29, 1.82) is 0 Å². The summed E-state index contributed by atoms with van der Waals surface area (Å²) in [6.07, 6.45) is 1.58. The van der Waals surface area contributed by atoms with Gasteiger partial charge in [0, 0.05) is 11.1 Å². The number of allylic oxidation sites excluding steroid dienone is 1. The van der Waals surface area contributed by atoms with Crippen molar-refractivity contribution < 1.29 is 29.8 Å². The number of nitrogen functional groups attached to an aromatic ring is 1. The maximum absolute atomic E-state index is 12.4. The summed E-state index contributed by atoms with van der Waals surface area (Å²) in [4.78, 5) is 43.1. The molecule has 0 aromatic carbocycles. The number of thiazole rings is 1. The maximum atomic E-state index is 12.4. The van der Waals surface area contributed by atoms with E-state index in [1.165, 1.54) is 5.38 Å². The standard InChI is InChI=1S/C14H15N5O6S2/c1-2-5-3-26-11(18-7(5)12(21)22)9(13(23)24)17-10(20)8(19-25)6-4-27-14(15)16-6/h2,4,9,11,25H,3H2,1H3,(H2,15,16)(H,17,20)(H,21,22)(H,23,24)/b5-2+,19-8+. The van der Waals surface area contributed by atoms with E-state index in [1.54, 1.807) is 13.0 Å². The number of thioether (sulfide) groups is 1. The number of amides is 1. The monoisotopic (exact) mass is 413 g/mol. The van der Waals surface area contributed by atoms with Crippen molar-refractivity contribution in [3.05, 3.63) is 22.7 Å². The zero-order valence-electron chi connectivity index (χ0n) is 13.8. The average molecular weight is 413 g/mol. The fraction of sp³-hybridized carbons (Fsp3) is 0.286. The van der Waals surface area contributed by atoms with E-state index in [2.05, 4.69) is 20.4 Å². The first-order valence-electron chi connectivity index (χ1n) is 7.33. The molecule has 2 unspecified atom stereocenters. The molecule has 0 saturated carbocycles. The molecule has 0 aliphatic carbocycles. The number of aliphatic carboxylic acids is 2. The first-order valence-corrected chi connectivity index (χ1v) is 9.26. The van der Waals surface area contributed by atoms with Crippen LogP contribution in [0.2, 0.25) is 0 Å². The topological polar surface area (TPSA) is 188 Å². The Hall–Kier alpha value is -2.93. The lowest BCUT2D eigenvalue weighted by molar-refractivity contribution is -0.141. The fourth-order valence-corrected chi connectivity index (χ4v) is 3.91. The number of anilines is 1. The van der Waals surface area contributed by atoms with Crippen molar-refractivity contribution >= 4 is 57.5 Å². The molecule has 6 N–H and O–H groups in total. The fourth-order valence-electron chi connectivity index (χ4n) is 2.15. The zero-order valence-corrected chi connectivity index (χ0v) is 15.5. The summed E-state index contributed by atoms with van der Waals surface area (Å²) < 4.78 is 0. The Morgan fingerprint density at radius 1 is 1.44 bits per heavy atom. The van der Waals surface area contributed by atoms with Gasteiger partial charge in [0.2, 0.25) is 0 Å². The van der Waals surface area contributed by atoms with Gasteiger partial charge in [-0.15, -0.1) is 23.1 Å². The summed E-state index contributed by atoms with van der Waals surface area (Å²) in [5.41, 5.74) is 5.12. The van der Waals surface area contributed by atoms with Gasteiger partial charge in [0.05, 0.1) is 0 Å². The van der Waals surface area contributed by atoms with E-state index >= 15 is 0 Å². The average Bonchev–Trinajstić information content (AvgIpc) is 3.05. The van der Waals surface area contributed by atoms with E-state index in [4.69, 9.17) is 10.9 Å². The Kier molecular flexibility index (Phi) is 6.52. The van der Waals surface area contributed by atoms with Crippen molar-refractivity contribution in [2.24, 2.45) is 10.1 Å². The molecule has 1 amide bonds. The normalized spacial score (nSPS) is 20.0. The number of hydrogen-bond acceptors (Lipinski definition) is 10. The Labute approximate surface area is 160 Å². The molecule has 11 nitrogen and oxygen atoms in total. The van der Waals surface area contributed by atoms with Crippen molar-refractivity contribution in [2.75, 3.05) is 11.5 Å². The molecule has 1 aromatic heterocycles. The van der Waals surface area contributed by atoms with Crippen LogP contribution in [0.5, 0.6) is 0 Å². The van der Waals surface area contributed by atoms with Gasteiger partial charge in [0.15, 0.2) is 16.9 Å². The molecule has 1 aromatic rings. The van der Waals surface area contributed by atoms with Crippen LogP contribution >= 0.6 is 23.1 Å². The molecule has 2 atom stereocenters. The highest BCUT2D eigenvalue weighted by atomic mass is 32.2. The number of nitrogens with one attached hydrogen (secondary N) is 1. The van der Waals surface area contributed by atoms with Crippen LogP contribution in [0.3, 0.4) is 0 Å². The molecule has 2 rings (SSSR count). The minimum atomic E-state index is -1.55. The van der Waals surface area contributed by atoms with Crippen LogP contribution in [-0.2, 0) is 14.4 Å². The Morgan fingerprint density at radius 2 is 2.15 bits per heavy atom. The van der Waals surface area contributed by atoms with Crippen molar-refractivity contribution in [1.82, 2.24) is 10.3 Å². The Balaban J connectivity index is 2.28. The number of nitrogens with zero attached hydrogens (tertiary/aromatic N) is 3. The highest BCUT2D eigenvalue weighted by molar-refractivity contribution is 8.00. The summed E-state index contributed by atoms with van der Waals surface area (Å²) in [5.74, 6) is -3.51. The van der Waals surface area contributed by atoms with Gasteiger partial charge in [-0.05, 0) is 12.5 Å². The molecule has 0 saturated heterocycles. The first kappa shape index (κ1) is 20.4. The van der Waals surface area contributed by atoms with Crippen LogP contribution in [-0.4, -0.2) is 66.8 Å². The molecule has 27 heavy (non-hydrogen) atoms. The number of carbonyl (C=O) groups excluding carboxylic acids is 1. The number of aliphatic imine (C=N–C) groups is 1. The number of carbonyl (C=O) groups is 3. The summed E-state index contributed by atoms with van der Waals surface area (Å²) in [7, 11) is 0. The second-order valence-electron chi connectivity index (χ2n) is 5.11. The summed E-state index contributed by atoms with van der Waals surface area (Å²) >= 11 is 2.07. The van der Waals surface area contributed by atoms with Crippen LogP contribution in [0, 0.1) is 0 Å². The van der Waals surface area contributed by atoms with E-state index in [-0.39, 0.29) is 22.3 Å². The maximum Gasteiger partial charge on any atom is 0.354 e. The number of carboxylic acid groups (broad SMARTS) is 2. The second kappa shape index (κ2) is 8.64. The number of nitrogens with two attached hydrogens (primary N) is 1. The third-order valence-electron chi connectivity index (χ3n) is 3.44. The molecule has 0 bridgehead atoms. The molecular formula is C14H15N5O6S2. The van der Waals surface area contributed by atoms with Crippen molar-refractivity contribution in [3.8, 4) is 0 Å². The minimum absolute atomic E-state index is 0.0242. The molecular weight excluding hydrogens is 398 g/mol. The smallest absolute Gasteiger partial charge is 0.354 e. The largest absolute Gasteiger partial charge is 0.480 e. The molecule has 0 fully saturated rings. The molecule has 2 heterocycles. The predicted octanol–water partition coefficient (Wildman–Crippen LogP) is 0.0178. The molecule has 13 heteroatoms. The molecule has 144 valence electrons. The summed E-state index contributed by atoms with van der Waals surface area (Å²) in [6, 6.07) is -1.55. The van der Waals surface area contributed by atoms with Gasteiger partial charge in [-0.3, -0.25) is 9.79 Å². The lowest BCUT2D eigenvalue weighted by Crippen LogP contribution is -2.50. The van der Waals surface area contributed by atoms with E-state index in [0.29, 0.717) is 5.57 Å². The van der Waals surface area contributed by atoms with E-state index in [0.717, 1.165) is 23.1 Å². The van der Waals surface area contributed by atoms with Gasteiger partial charge in [-0.1, -0.05) is 11.2 Å². The van der Waals surface area contributed by atoms with Crippen LogP contribution in [0.4, 0.5) is 5.13 Å². The molecule has 1 aliphatic rings. The quantitative estimate of drug-likeness (QED) is 0.243. The third-order valence-corrected chi connectivity index (χ3v) is 5.31. The summed E-state index contributed by atoms with van der Waals surface area (Å²) in [5, 5.41) is 33.3. The number of oxime groups is 1. The first-order chi connectivity index (χ1) is 12.8. The minimum Gasteiger partial charge on any atom is -0.480 e. The lowest BCUT2D eigenvalue weighted by Gasteiger charge is -2.26. The van der Waals surface area contributed by atoms with Crippen LogP contribution in [0.1, 0.15) is 12.6 Å². The highest BCUT2D eigenvalue weighted by Crippen LogP contribution is 2.26. The number of rotatable bonds is 6. The van der Waals surface area contributed by atoms with Crippen LogP contribution in [0.15, 0.2) is 27.2 Å². The molecule has 0 radical (unpaired) electrons. The van der Waals surface area contributed by atoms with Crippen LogP contribution in [0.25, 0.3) is 0 Å². The number of aromatic nitrogens is 1. The molecule has 1 aliphatic heterocycles. The SMILES string of the molecule is C/C=C1\CSC(C(NC(=O)/C(=N/O)c2csc(N)n2)C(=O)O)N=C1C(=O)O. The van der Waals surface area contributed by atoms with Crippen LogP contribution < -0.4 is 11.1 Å². The molecule has 0 spiro atoms. The van der Waals surface area contributed by atoms with Gasteiger partial charge in [0.1, 0.15) is 16.8 Å². The number of carboxylic acids is 2. The summed E-state index contributed by atoms with van der Waals surface area (Å²) in [6.45, 7) is 1.65. The predicted molar refractivity (Wildman–Crippen MR) is 99.5 cm³/mol. The third kappa shape index (κ3) is 4.62. The van der Waals surface area contributed by atoms with Gasteiger partial charge in [-0.2, -0.15) is 0 Å². The van der Waals surface area contributed by atoms with E-state index in [1.807, 2.05) is 0 Å². The zero-order chi connectivity index (χ0) is 20.1.